The highest BCUT2D eigenvalue weighted by atomic mass is 16.6. The van der Waals surface area contributed by atoms with Crippen LogP contribution in [0.1, 0.15) is 12.5 Å². The first-order chi connectivity index (χ1) is 11.6. The van der Waals surface area contributed by atoms with Crippen molar-refractivity contribution in [2.45, 2.75) is 13.0 Å². The largest absolute Gasteiger partial charge is 0.486 e. The maximum absolute atomic E-state index is 11.8. The van der Waals surface area contributed by atoms with Gasteiger partial charge in [-0.15, -0.1) is 0 Å². The van der Waals surface area contributed by atoms with Gasteiger partial charge in [-0.2, -0.15) is 0 Å². The highest BCUT2D eigenvalue weighted by Gasteiger charge is 2.16. The lowest BCUT2D eigenvalue weighted by Gasteiger charge is -2.18. The maximum Gasteiger partial charge on any atom is 0.331 e. The Balaban J connectivity index is 1.85. The second kappa shape index (κ2) is 8.93. The van der Waals surface area contributed by atoms with Gasteiger partial charge in [0, 0.05) is 19.7 Å². The predicted molar refractivity (Wildman–Crippen MR) is 86.9 cm³/mol. The van der Waals surface area contributed by atoms with Crippen LogP contribution in [0, 0.1) is 0 Å². The van der Waals surface area contributed by atoms with Crippen LogP contribution < -0.4 is 14.8 Å². The molecule has 1 aromatic rings. The Morgan fingerprint density at radius 1 is 1.29 bits per heavy atom. The number of fused-ring (bicyclic) bond motifs is 1. The van der Waals surface area contributed by atoms with Crippen molar-refractivity contribution in [1.29, 1.82) is 0 Å². The average Bonchev–Trinajstić information content (AvgIpc) is 2.59. The normalized spacial score (nSPS) is 14.2. The molecule has 1 aliphatic rings. The number of hydrogen-bond acceptors (Lipinski definition) is 6. The molecule has 0 radical (unpaired) electrons. The Bertz CT molecular complexity index is 613. The molecule has 0 spiro atoms. The van der Waals surface area contributed by atoms with Crippen molar-refractivity contribution in [1.82, 2.24) is 5.32 Å². The van der Waals surface area contributed by atoms with E-state index in [1.54, 1.807) is 24.3 Å². The molecule has 1 amide bonds. The van der Waals surface area contributed by atoms with Crippen LogP contribution in [0.5, 0.6) is 11.5 Å². The second-order valence-corrected chi connectivity index (χ2v) is 5.10. The molecule has 1 aliphatic heterocycles. The minimum absolute atomic E-state index is 0.365. The quantitative estimate of drug-likeness (QED) is 0.457. The molecule has 7 heteroatoms. The number of carbonyl (C=O) groups is 2. The molecule has 2 rings (SSSR count). The number of amides is 1. The standard InChI is InChI=1S/C17H21NO6/c1-12(17(20)18-7-8-21-2)24-16(19)6-4-13-3-5-14-15(11-13)23-10-9-22-14/h3-6,11-12H,7-10H2,1-2H3,(H,18,20)/b6-4+/t12-/m1/s1. The van der Waals surface area contributed by atoms with Crippen LogP contribution in [0.2, 0.25) is 0 Å². The van der Waals surface area contributed by atoms with Crippen LogP contribution in [0.15, 0.2) is 24.3 Å². The SMILES string of the molecule is COCCNC(=O)[C@@H](C)OC(=O)/C=C/c1ccc2c(c1)OCCO2. The molecule has 7 nitrogen and oxygen atoms in total. The van der Waals surface area contributed by atoms with Crippen LogP contribution in [0.4, 0.5) is 0 Å². The molecule has 1 N–H and O–H groups in total. The van der Waals surface area contributed by atoms with E-state index in [0.29, 0.717) is 37.9 Å². The van der Waals surface area contributed by atoms with Crippen LogP contribution in [0.25, 0.3) is 6.08 Å². The third-order valence-corrected chi connectivity index (χ3v) is 3.25. The van der Waals surface area contributed by atoms with Crippen molar-refractivity contribution in [3.8, 4) is 11.5 Å². The number of rotatable bonds is 7. The average molecular weight is 335 g/mol. The summed E-state index contributed by atoms with van der Waals surface area (Å²) in [4.78, 5) is 23.5. The number of benzene rings is 1. The molecule has 130 valence electrons. The Morgan fingerprint density at radius 2 is 2.04 bits per heavy atom. The van der Waals surface area contributed by atoms with Gasteiger partial charge in [-0.25, -0.2) is 4.79 Å². The second-order valence-electron chi connectivity index (χ2n) is 5.10. The first kappa shape index (κ1) is 17.8. The summed E-state index contributed by atoms with van der Waals surface area (Å²) in [5, 5.41) is 2.60. The van der Waals surface area contributed by atoms with Crippen molar-refractivity contribution in [3.63, 3.8) is 0 Å². The van der Waals surface area contributed by atoms with Crippen molar-refractivity contribution in [2.75, 3.05) is 33.5 Å². The van der Waals surface area contributed by atoms with Crippen molar-refractivity contribution < 1.29 is 28.5 Å². The summed E-state index contributed by atoms with van der Waals surface area (Å²) >= 11 is 0. The van der Waals surface area contributed by atoms with Gasteiger partial charge >= 0.3 is 5.97 Å². The molecule has 1 heterocycles. The minimum Gasteiger partial charge on any atom is -0.486 e. The van der Waals surface area contributed by atoms with E-state index in [-0.39, 0.29) is 5.91 Å². The molecular formula is C17H21NO6. The molecule has 0 aromatic heterocycles. The van der Waals surface area contributed by atoms with Gasteiger partial charge in [0.05, 0.1) is 6.61 Å². The molecule has 0 saturated carbocycles. The zero-order valence-electron chi connectivity index (χ0n) is 13.7. The number of esters is 1. The number of nitrogens with one attached hydrogen (secondary N) is 1. The molecule has 0 bridgehead atoms. The molecule has 1 atom stereocenters. The Kier molecular flexibility index (Phi) is 6.62. The Morgan fingerprint density at radius 3 is 2.79 bits per heavy atom. The first-order valence-corrected chi connectivity index (χ1v) is 7.65. The minimum atomic E-state index is -0.876. The topological polar surface area (TPSA) is 83.1 Å². The zero-order valence-corrected chi connectivity index (χ0v) is 13.7. The zero-order chi connectivity index (χ0) is 17.4. The fraction of sp³-hybridized carbons (Fsp3) is 0.412. The highest BCUT2D eigenvalue weighted by molar-refractivity contribution is 5.90. The molecule has 0 aliphatic carbocycles. The lowest BCUT2D eigenvalue weighted by molar-refractivity contribution is -0.150. The highest BCUT2D eigenvalue weighted by Crippen LogP contribution is 2.31. The van der Waals surface area contributed by atoms with Crippen molar-refractivity contribution >= 4 is 18.0 Å². The van der Waals surface area contributed by atoms with Crippen LogP contribution >= 0.6 is 0 Å². The van der Waals surface area contributed by atoms with E-state index in [1.165, 1.54) is 20.1 Å². The van der Waals surface area contributed by atoms with Gasteiger partial charge in [-0.05, 0) is 30.7 Å². The van der Waals surface area contributed by atoms with Crippen molar-refractivity contribution in [2.24, 2.45) is 0 Å². The van der Waals surface area contributed by atoms with E-state index in [1.807, 2.05) is 0 Å². The molecule has 0 fully saturated rings. The summed E-state index contributed by atoms with van der Waals surface area (Å²) in [6.45, 7) is 3.30. The van der Waals surface area contributed by atoms with Gasteiger partial charge in [-0.3, -0.25) is 4.79 Å². The van der Waals surface area contributed by atoms with E-state index in [4.69, 9.17) is 18.9 Å². The summed E-state index contributed by atoms with van der Waals surface area (Å²) < 4.78 is 20.8. The van der Waals surface area contributed by atoms with E-state index in [0.717, 1.165) is 5.56 Å². The third-order valence-electron chi connectivity index (χ3n) is 3.25. The monoisotopic (exact) mass is 335 g/mol. The summed E-state index contributed by atoms with van der Waals surface area (Å²) in [5.74, 6) is 0.359. The van der Waals surface area contributed by atoms with Gasteiger partial charge < -0.3 is 24.3 Å². The fourth-order valence-corrected chi connectivity index (χ4v) is 2.01. The Labute approximate surface area is 140 Å². The molecule has 0 unspecified atom stereocenters. The molecule has 24 heavy (non-hydrogen) atoms. The number of carbonyl (C=O) groups excluding carboxylic acids is 2. The third kappa shape index (κ3) is 5.27. The number of ether oxygens (including phenoxy) is 4. The van der Waals surface area contributed by atoms with Gasteiger partial charge in [0.25, 0.3) is 5.91 Å². The van der Waals surface area contributed by atoms with E-state index in [9.17, 15) is 9.59 Å². The fourth-order valence-electron chi connectivity index (χ4n) is 2.01. The summed E-state index contributed by atoms with van der Waals surface area (Å²) in [6.07, 6.45) is 1.99. The van der Waals surface area contributed by atoms with Gasteiger partial charge in [-0.1, -0.05) is 6.07 Å². The Hall–Kier alpha value is -2.54. The van der Waals surface area contributed by atoms with Crippen LogP contribution in [0.3, 0.4) is 0 Å². The molecule has 0 saturated heterocycles. The lowest BCUT2D eigenvalue weighted by Crippen LogP contribution is -2.37. The van der Waals surface area contributed by atoms with Crippen molar-refractivity contribution in [3.05, 3.63) is 29.8 Å². The van der Waals surface area contributed by atoms with E-state index < -0.39 is 12.1 Å². The first-order valence-electron chi connectivity index (χ1n) is 7.65. The summed E-state index contributed by atoms with van der Waals surface area (Å²) in [5.41, 5.74) is 0.772. The predicted octanol–water partition coefficient (Wildman–Crippen LogP) is 1.17. The molecular weight excluding hydrogens is 314 g/mol. The maximum atomic E-state index is 11.8. The van der Waals surface area contributed by atoms with E-state index in [2.05, 4.69) is 5.32 Å². The summed E-state index contributed by atoms with van der Waals surface area (Å²) in [7, 11) is 1.54. The van der Waals surface area contributed by atoms with Gasteiger partial charge in [0.15, 0.2) is 17.6 Å². The lowest BCUT2D eigenvalue weighted by atomic mass is 10.2. The molecule has 1 aromatic carbocycles. The summed E-state index contributed by atoms with van der Waals surface area (Å²) in [6, 6.07) is 5.36. The van der Waals surface area contributed by atoms with E-state index >= 15 is 0 Å². The smallest absolute Gasteiger partial charge is 0.331 e. The van der Waals surface area contributed by atoms with Crippen LogP contribution in [-0.4, -0.2) is 51.5 Å². The van der Waals surface area contributed by atoms with Gasteiger partial charge in [0.1, 0.15) is 13.2 Å². The van der Waals surface area contributed by atoms with Gasteiger partial charge in [0.2, 0.25) is 0 Å². The number of hydrogen-bond donors (Lipinski definition) is 1. The number of methoxy groups -OCH3 is 1. The van der Waals surface area contributed by atoms with Crippen LogP contribution in [-0.2, 0) is 19.1 Å².